The Hall–Kier alpha value is -0.540. The van der Waals surface area contributed by atoms with Gasteiger partial charge in [-0.05, 0) is 54.4 Å². The highest BCUT2D eigenvalue weighted by Crippen LogP contribution is 2.46. The molecule has 1 fully saturated rings. The molecular weight excluding hydrogens is 256 g/mol. The van der Waals surface area contributed by atoms with E-state index in [2.05, 4.69) is 0 Å². The first-order valence-corrected chi connectivity index (χ1v) is 8.44. The molecular formula is C13H15ClO2S. The maximum atomic E-state index is 11.3. The van der Waals surface area contributed by atoms with Crippen molar-refractivity contribution in [3.63, 3.8) is 0 Å². The zero-order chi connectivity index (χ0) is 12.0. The number of hydrogen-bond acceptors (Lipinski definition) is 2. The minimum Gasteiger partial charge on any atom is -0.207 e. The molecule has 0 radical (unpaired) electrons. The van der Waals surface area contributed by atoms with Crippen molar-refractivity contribution < 1.29 is 8.42 Å². The van der Waals surface area contributed by atoms with Crippen LogP contribution in [-0.2, 0) is 15.5 Å². The molecule has 0 amide bonds. The van der Waals surface area contributed by atoms with Gasteiger partial charge in [-0.1, -0.05) is 18.9 Å². The Balaban J connectivity index is 2.02. The largest absolute Gasteiger partial charge is 0.261 e. The molecule has 0 saturated heterocycles. The second kappa shape index (κ2) is 3.99. The third-order valence-corrected chi connectivity index (χ3v) is 5.54. The van der Waals surface area contributed by atoms with E-state index in [0.717, 1.165) is 12.3 Å². The van der Waals surface area contributed by atoms with Gasteiger partial charge in [0.2, 0.25) is 0 Å². The van der Waals surface area contributed by atoms with Crippen molar-refractivity contribution >= 4 is 19.7 Å². The topological polar surface area (TPSA) is 34.1 Å². The maximum Gasteiger partial charge on any atom is 0.261 e. The fraction of sp³-hybridized carbons (Fsp3) is 0.538. The van der Waals surface area contributed by atoms with E-state index in [-0.39, 0.29) is 4.90 Å². The molecule has 0 aromatic heterocycles. The summed E-state index contributed by atoms with van der Waals surface area (Å²) in [5, 5.41) is 0. The molecule has 92 valence electrons. The summed E-state index contributed by atoms with van der Waals surface area (Å²) >= 11 is 0. The maximum absolute atomic E-state index is 11.3. The van der Waals surface area contributed by atoms with Crippen LogP contribution in [0.5, 0.6) is 0 Å². The van der Waals surface area contributed by atoms with E-state index in [1.54, 1.807) is 12.1 Å². The first-order valence-electron chi connectivity index (χ1n) is 6.13. The van der Waals surface area contributed by atoms with Crippen LogP contribution in [0.15, 0.2) is 23.1 Å². The summed E-state index contributed by atoms with van der Waals surface area (Å²) < 4.78 is 22.6. The van der Waals surface area contributed by atoms with E-state index < -0.39 is 9.05 Å². The zero-order valence-electron chi connectivity index (χ0n) is 9.52. The molecule has 0 bridgehead atoms. The van der Waals surface area contributed by atoms with Crippen LogP contribution in [0, 0.1) is 5.92 Å². The van der Waals surface area contributed by atoms with Crippen LogP contribution in [0.2, 0.25) is 0 Å². The molecule has 2 unspecified atom stereocenters. The van der Waals surface area contributed by atoms with Gasteiger partial charge in [0.1, 0.15) is 0 Å². The van der Waals surface area contributed by atoms with Gasteiger partial charge in [-0.2, -0.15) is 0 Å². The van der Waals surface area contributed by atoms with Crippen molar-refractivity contribution in [3.8, 4) is 0 Å². The normalized spacial score (nSPS) is 27.6. The van der Waals surface area contributed by atoms with Gasteiger partial charge in [-0.3, -0.25) is 0 Å². The molecule has 0 heterocycles. The molecule has 1 aromatic rings. The summed E-state index contributed by atoms with van der Waals surface area (Å²) in [7, 11) is 1.80. The molecule has 2 aliphatic carbocycles. The van der Waals surface area contributed by atoms with Crippen LogP contribution in [0.1, 0.15) is 42.7 Å². The number of benzene rings is 1. The summed E-state index contributed by atoms with van der Waals surface area (Å²) in [4.78, 5) is 0.247. The smallest absolute Gasteiger partial charge is 0.207 e. The minimum atomic E-state index is -3.58. The van der Waals surface area contributed by atoms with E-state index in [1.165, 1.54) is 36.8 Å². The summed E-state index contributed by atoms with van der Waals surface area (Å²) in [5.41, 5.74) is 2.56. The van der Waals surface area contributed by atoms with Crippen LogP contribution in [-0.4, -0.2) is 8.42 Å². The molecule has 2 nitrogen and oxygen atoms in total. The lowest BCUT2D eigenvalue weighted by Crippen LogP contribution is -2.12. The highest BCUT2D eigenvalue weighted by molar-refractivity contribution is 8.13. The molecule has 4 heteroatoms. The highest BCUT2D eigenvalue weighted by Gasteiger charge is 2.34. The van der Waals surface area contributed by atoms with Gasteiger partial charge in [0.05, 0.1) is 4.90 Å². The van der Waals surface area contributed by atoms with Gasteiger partial charge in [0.25, 0.3) is 9.05 Å². The molecule has 0 spiro atoms. The SMILES string of the molecule is O=S(=O)(Cl)c1ccc2c(c1)CC1CCCCC21. The number of fused-ring (bicyclic) bond motifs is 3. The Labute approximate surface area is 106 Å². The minimum absolute atomic E-state index is 0.247. The fourth-order valence-electron chi connectivity index (χ4n) is 3.42. The van der Waals surface area contributed by atoms with E-state index >= 15 is 0 Å². The highest BCUT2D eigenvalue weighted by atomic mass is 35.7. The lowest BCUT2D eigenvalue weighted by Gasteiger charge is -2.25. The average Bonchev–Trinajstić information content (AvgIpc) is 2.65. The first kappa shape index (κ1) is 11.5. The second-order valence-corrected chi connectivity index (χ2v) is 7.72. The summed E-state index contributed by atoms with van der Waals surface area (Å²) in [6.07, 6.45) is 6.18. The van der Waals surface area contributed by atoms with Crippen molar-refractivity contribution in [1.29, 1.82) is 0 Å². The Bertz CT molecular complexity index is 551. The number of rotatable bonds is 1. The molecule has 2 aliphatic rings. The molecule has 2 atom stereocenters. The Morgan fingerprint density at radius 3 is 2.71 bits per heavy atom. The van der Waals surface area contributed by atoms with Gasteiger partial charge in [-0.15, -0.1) is 0 Å². The number of hydrogen-bond donors (Lipinski definition) is 0. The Kier molecular flexibility index (Phi) is 2.71. The predicted molar refractivity (Wildman–Crippen MR) is 67.9 cm³/mol. The number of halogens is 1. The lowest BCUT2D eigenvalue weighted by atomic mass is 9.80. The third-order valence-electron chi connectivity index (χ3n) is 4.19. The van der Waals surface area contributed by atoms with E-state index in [9.17, 15) is 8.42 Å². The van der Waals surface area contributed by atoms with Crippen LogP contribution < -0.4 is 0 Å². The van der Waals surface area contributed by atoms with Gasteiger partial charge in [0, 0.05) is 10.7 Å². The fourth-order valence-corrected chi connectivity index (χ4v) is 4.22. The average molecular weight is 271 g/mol. The lowest BCUT2D eigenvalue weighted by molar-refractivity contribution is 0.330. The van der Waals surface area contributed by atoms with Crippen molar-refractivity contribution in [2.24, 2.45) is 5.92 Å². The van der Waals surface area contributed by atoms with Gasteiger partial charge in [0.15, 0.2) is 0 Å². The standard InChI is InChI=1S/C13H15ClO2S/c14-17(15,16)11-5-6-13-10(8-11)7-9-3-1-2-4-12(9)13/h5-6,8-9,12H,1-4,7H2. The molecule has 1 saturated carbocycles. The zero-order valence-corrected chi connectivity index (χ0v) is 11.1. The summed E-state index contributed by atoms with van der Waals surface area (Å²) in [6.45, 7) is 0. The third kappa shape index (κ3) is 2.00. The van der Waals surface area contributed by atoms with Gasteiger partial charge >= 0.3 is 0 Å². The summed E-state index contributed by atoms with van der Waals surface area (Å²) in [5.74, 6) is 1.39. The predicted octanol–water partition coefficient (Wildman–Crippen LogP) is 3.44. The monoisotopic (exact) mass is 270 g/mol. The van der Waals surface area contributed by atoms with Gasteiger partial charge in [-0.25, -0.2) is 8.42 Å². The van der Waals surface area contributed by atoms with E-state index in [4.69, 9.17) is 10.7 Å². The quantitative estimate of drug-likeness (QED) is 0.733. The van der Waals surface area contributed by atoms with E-state index in [1.807, 2.05) is 6.07 Å². The van der Waals surface area contributed by atoms with Gasteiger partial charge < -0.3 is 0 Å². The van der Waals surface area contributed by atoms with Crippen molar-refractivity contribution in [1.82, 2.24) is 0 Å². The van der Waals surface area contributed by atoms with Crippen molar-refractivity contribution in [2.75, 3.05) is 0 Å². The molecule has 1 aromatic carbocycles. The van der Waals surface area contributed by atoms with Crippen LogP contribution in [0.3, 0.4) is 0 Å². The Morgan fingerprint density at radius 1 is 1.18 bits per heavy atom. The molecule has 0 aliphatic heterocycles. The van der Waals surface area contributed by atoms with Crippen molar-refractivity contribution in [3.05, 3.63) is 29.3 Å². The molecule has 3 rings (SSSR count). The van der Waals surface area contributed by atoms with E-state index in [0.29, 0.717) is 5.92 Å². The Morgan fingerprint density at radius 2 is 1.94 bits per heavy atom. The summed E-state index contributed by atoms with van der Waals surface area (Å²) in [6, 6.07) is 5.40. The van der Waals surface area contributed by atoms with Crippen LogP contribution >= 0.6 is 10.7 Å². The van der Waals surface area contributed by atoms with Crippen LogP contribution in [0.25, 0.3) is 0 Å². The second-order valence-electron chi connectivity index (χ2n) is 5.15. The first-order chi connectivity index (χ1) is 8.05. The molecule has 0 N–H and O–H groups in total. The van der Waals surface area contributed by atoms with Crippen LogP contribution in [0.4, 0.5) is 0 Å². The van der Waals surface area contributed by atoms with Crippen molar-refractivity contribution in [2.45, 2.75) is 42.9 Å². The molecule has 17 heavy (non-hydrogen) atoms.